The summed E-state index contributed by atoms with van der Waals surface area (Å²) in [6, 6.07) is 4.23. The van der Waals surface area contributed by atoms with Gasteiger partial charge in [-0.05, 0) is 64.7 Å². The van der Waals surface area contributed by atoms with Crippen molar-refractivity contribution >= 4 is 11.0 Å². The summed E-state index contributed by atoms with van der Waals surface area (Å²) in [6.07, 6.45) is 0.897. The van der Waals surface area contributed by atoms with Crippen molar-refractivity contribution in [3.05, 3.63) is 29.6 Å². The molecule has 1 aromatic carbocycles. The van der Waals surface area contributed by atoms with Crippen LogP contribution in [0.2, 0.25) is 0 Å². The highest BCUT2D eigenvalue weighted by Gasteiger charge is 2.24. The molecule has 0 saturated heterocycles. The Morgan fingerprint density at radius 1 is 1.17 bits per heavy atom. The molecule has 0 saturated carbocycles. The Kier molecular flexibility index (Phi) is 7.00. The van der Waals surface area contributed by atoms with Crippen molar-refractivity contribution < 1.29 is 13.3 Å². The average molecular weight is 358 g/mol. The van der Waals surface area contributed by atoms with Crippen molar-refractivity contribution in [3.8, 4) is 5.75 Å². The zero-order chi connectivity index (χ0) is 18.7. The predicted molar refractivity (Wildman–Crippen MR) is 100 cm³/mol. The highest BCUT2D eigenvalue weighted by molar-refractivity contribution is 7.84. The molecule has 0 fully saturated rings. The highest BCUT2D eigenvalue weighted by Crippen LogP contribution is 2.30. The van der Waals surface area contributed by atoms with Crippen molar-refractivity contribution in [1.29, 1.82) is 0 Å². The second kappa shape index (κ2) is 7.96. The first kappa shape index (κ1) is 21.1. The first-order valence-electron chi connectivity index (χ1n) is 8.44. The maximum Gasteiger partial charge on any atom is 0.124 e. The van der Waals surface area contributed by atoms with Gasteiger partial charge in [0.25, 0.3) is 0 Å². The lowest BCUT2D eigenvalue weighted by molar-refractivity contribution is 0.158. The molecule has 0 amide bonds. The van der Waals surface area contributed by atoms with E-state index in [0.717, 1.165) is 6.42 Å². The molecule has 0 aliphatic carbocycles. The minimum absolute atomic E-state index is 0.00882. The van der Waals surface area contributed by atoms with Gasteiger partial charge in [0.1, 0.15) is 11.6 Å². The maximum absolute atomic E-state index is 13.7. The fraction of sp³-hybridized carbons (Fsp3) is 0.684. The molecule has 1 rings (SSSR count). The predicted octanol–water partition coefficient (Wildman–Crippen LogP) is 5.14. The van der Waals surface area contributed by atoms with E-state index in [1.165, 1.54) is 12.1 Å². The van der Waals surface area contributed by atoms with E-state index < -0.39 is 11.0 Å². The summed E-state index contributed by atoms with van der Waals surface area (Å²) in [6.45, 7) is 16.1. The average Bonchev–Trinajstić information content (AvgIpc) is 2.37. The van der Waals surface area contributed by atoms with Crippen LogP contribution in [0.5, 0.6) is 5.75 Å². The molecule has 1 N–H and O–H groups in total. The maximum atomic E-state index is 13.7. The molecule has 24 heavy (non-hydrogen) atoms. The lowest BCUT2D eigenvalue weighted by Crippen LogP contribution is -2.35. The van der Waals surface area contributed by atoms with Gasteiger partial charge in [-0.25, -0.2) is 13.3 Å². The molecule has 3 nitrogen and oxygen atoms in total. The first-order chi connectivity index (χ1) is 10.8. The van der Waals surface area contributed by atoms with Crippen molar-refractivity contribution in [3.63, 3.8) is 0 Å². The molecule has 138 valence electrons. The molecule has 0 aromatic heterocycles. The van der Waals surface area contributed by atoms with Crippen molar-refractivity contribution in [1.82, 2.24) is 4.72 Å². The van der Waals surface area contributed by atoms with Crippen molar-refractivity contribution in [2.45, 2.75) is 78.7 Å². The van der Waals surface area contributed by atoms with Gasteiger partial charge in [-0.1, -0.05) is 20.8 Å². The smallest absolute Gasteiger partial charge is 0.124 e. The van der Waals surface area contributed by atoms with Crippen LogP contribution in [-0.4, -0.2) is 15.1 Å². The van der Waals surface area contributed by atoms with Crippen LogP contribution in [0.25, 0.3) is 0 Å². The van der Waals surface area contributed by atoms with E-state index in [4.69, 9.17) is 4.74 Å². The Labute approximate surface area is 149 Å². The molecule has 5 heteroatoms. The Balaban J connectivity index is 2.98. The van der Waals surface area contributed by atoms with E-state index in [2.05, 4.69) is 25.5 Å². The standard InChI is InChI=1S/C19H32FNO2S/c1-13(12-18(3,4)5)23-17-10-9-15(20)11-16(17)14(2)21-24(22)19(6,7)8/h9-11,13-14,21H,12H2,1-8H3/t13-,14+,24?/m0/s1. The quantitative estimate of drug-likeness (QED) is 0.765. The zero-order valence-electron chi connectivity index (χ0n) is 16.2. The zero-order valence-corrected chi connectivity index (χ0v) is 17.0. The monoisotopic (exact) mass is 357 g/mol. The molecule has 0 aliphatic rings. The number of halogens is 1. The van der Waals surface area contributed by atoms with E-state index in [0.29, 0.717) is 11.3 Å². The van der Waals surface area contributed by atoms with Crippen LogP contribution in [-0.2, 0) is 11.0 Å². The van der Waals surface area contributed by atoms with E-state index in [1.807, 2.05) is 34.6 Å². The van der Waals surface area contributed by atoms with Crippen LogP contribution in [0.3, 0.4) is 0 Å². The third kappa shape index (κ3) is 6.89. The Hall–Kier alpha value is -0.940. The van der Waals surface area contributed by atoms with Crippen LogP contribution < -0.4 is 9.46 Å². The van der Waals surface area contributed by atoms with Crippen LogP contribution in [0.1, 0.15) is 73.4 Å². The van der Waals surface area contributed by atoms with Gasteiger partial charge in [0.05, 0.1) is 21.8 Å². The Morgan fingerprint density at radius 2 is 1.75 bits per heavy atom. The van der Waals surface area contributed by atoms with Gasteiger partial charge in [0, 0.05) is 11.6 Å². The number of nitrogens with one attached hydrogen (secondary N) is 1. The summed E-state index contributed by atoms with van der Waals surface area (Å²) in [5.41, 5.74) is 0.838. The van der Waals surface area contributed by atoms with Crippen LogP contribution >= 0.6 is 0 Å². The van der Waals surface area contributed by atoms with E-state index in [1.54, 1.807) is 6.07 Å². The third-order valence-electron chi connectivity index (χ3n) is 3.51. The second-order valence-corrected chi connectivity index (χ2v) is 10.6. The SMILES string of the molecule is C[C@@H](CC(C)(C)C)Oc1ccc(F)cc1[C@@H](C)NS(=O)C(C)(C)C. The summed E-state index contributed by atoms with van der Waals surface area (Å²) in [5.74, 6) is 0.315. The lowest BCUT2D eigenvalue weighted by Gasteiger charge is -2.27. The molecular formula is C19H32FNO2S. The fourth-order valence-corrected chi connectivity index (χ4v) is 3.29. The summed E-state index contributed by atoms with van der Waals surface area (Å²) in [5, 5.41) is 0. The number of ether oxygens (including phenoxy) is 1. The van der Waals surface area contributed by atoms with Gasteiger partial charge in [-0.2, -0.15) is 0 Å². The largest absolute Gasteiger partial charge is 0.490 e. The first-order valence-corrected chi connectivity index (χ1v) is 9.59. The van der Waals surface area contributed by atoms with E-state index in [-0.39, 0.29) is 28.1 Å². The van der Waals surface area contributed by atoms with Crippen molar-refractivity contribution in [2.24, 2.45) is 5.41 Å². The van der Waals surface area contributed by atoms with Crippen LogP contribution in [0.15, 0.2) is 18.2 Å². The molecule has 1 unspecified atom stereocenters. The number of rotatable bonds is 6. The molecule has 0 bridgehead atoms. The number of hydrogen-bond donors (Lipinski definition) is 1. The molecule has 0 aliphatic heterocycles. The summed E-state index contributed by atoms with van der Waals surface area (Å²) >= 11 is 0. The van der Waals surface area contributed by atoms with Gasteiger partial charge in [0.15, 0.2) is 0 Å². The van der Waals surface area contributed by atoms with Crippen LogP contribution in [0, 0.1) is 11.2 Å². The number of hydrogen-bond acceptors (Lipinski definition) is 2. The molecule has 0 radical (unpaired) electrons. The normalized spacial score (nSPS) is 16.5. The Bertz CT molecular complexity index is 576. The lowest BCUT2D eigenvalue weighted by atomic mass is 9.90. The highest BCUT2D eigenvalue weighted by atomic mass is 32.2. The van der Waals surface area contributed by atoms with Crippen LogP contribution in [0.4, 0.5) is 4.39 Å². The molecule has 0 spiro atoms. The molecular weight excluding hydrogens is 325 g/mol. The molecule has 0 heterocycles. The molecule has 3 atom stereocenters. The fourth-order valence-electron chi connectivity index (χ4n) is 2.49. The third-order valence-corrected chi connectivity index (χ3v) is 5.19. The second-order valence-electron chi connectivity index (χ2n) is 8.60. The topological polar surface area (TPSA) is 38.3 Å². The van der Waals surface area contributed by atoms with Gasteiger partial charge < -0.3 is 4.74 Å². The van der Waals surface area contributed by atoms with Crippen molar-refractivity contribution in [2.75, 3.05) is 0 Å². The number of benzene rings is 1. The summed E-state index contributed by atoms with van der Waals surface area (Å²) < 4.78 is 34.8. The Morgan fingerprint density at radius 3 is 2.25 bits per heavy atom. The van der Waals surface area contributed by atoms with Gasteiger partial charge in [-0.15, -0.1) is 0 Å². The summed E-state index contributed by atoms with van der Waals surface area (Å²) in [7, 11) is -1.24. The van der Waals surface area contributed by atoms with E-state index >= 15 is 0 Å². The minimum atomic E-state index is -1.24. The van der Waals surface area contributed by atoms with E-state index in [9.17, 15) is 8.60 Å². The minimum Gasteiger partial charge on any atom is -0.490 e. The van der Waals surface area contributed by atoms with Gasteiger partial charge >= 0.3 is 0 Å². The molecule has 1 aromatic rings. The van der Waals surface area contributed by atoms with Gasteiger partial charge in [0.2, 0.25) is 0 Å². The summed E-state index contributed by atoms with van der Waals surface area (Å²) in [4.78, 5) is 0. The van der Waals surface area contributed by atoms with Gasteiger partial charge in [-0.3, -0.25) is 0 Å².